The molecule has 1 amide bonds. The Bertz CT molecular complexity index is 790. The van der Waals surface area contributed by atoms with Crippen molar-refractivity contribution in [1.82, 2.24) is 9.97 Å². The Morgan fingerprint density at radius 1 is 1.28 bits per heavy atom. The summed E-state index contributed by atoms with van der Waals surface area (Å²) in [6.45, 7) is 3.26. The van der Waals surface area contributed by atoms with Crippen LogP contribution in [0.5, 0.6) is 0 Å². The number of thiazole rings is 1. The second-order valence-electron chi connectivity index (χ2n) is 4.91. The molecular formula is C15H14F3N3O3S. The zero-order valence-corrected chi connectivity index (χ0v) is 14.1. The number of anilines is 1. The van der Waals surface area contributed by atoms with Crippen LogP contribution in [0, 0.1) is 6.92 Å². The molecule has 2 aromatic heterocycles. The maximum absolute atomic E-state index is 12.6. The van der Waals surface area contributed by atoms with E-state index in [-0.39, 0.29) is 29.4 Å². The molecule has 0 fully saturated rings. The summed E-state index contributed by atoms with van der Waals surface area (Å²) in [5.41, 5.74) is -0.667. The Morgan fingerprint density at radius 3 is 2.60 bits per heavy atom. The van der Waals surface area contributed by atoms with Gasteiger partial charge in [-0.3, -0.25) is 14.9 Å². The van der Waals surface area contributed by atoms with Gasteiger partial charge in [0.15, 0.2) is 5.13 Å². The minimum absolute atomic E-state index is 0.00939. The van der Waals surface area contributed by atoms with Crippen molar-refractivity contribution in [2.24, 2.45) is 0 Å². The third kappa shape index (κ3) is 4.99. The Morgan fingerprint density at radius 2 is 2.00 bits per heavy atom. The monoisotopic (exact) mass is 373 g/mol. The average Bonchev–Trinajstić information content (AvgIpc) is 2.93. The fourth-order valence-electron chi connectivity index (χ4n) is 1.93. The van der Waals surface area contributed by atoms with Crippen LogP contribution < -0.4 is 5.32 Å². The minimum atomic E-state index is -4.57. The Hall–Kier alpha value is -2.49. The van der Waals surface area contributed by atoms with Gasteiger partial charge in [-0.2, -0.15) is 13.2 Å². The number of aromatic nitrogens is 2. The Balaban J connectivity index is 2.07. The summed E-state index contributed by atoms with van der Waals surface area (Å²) in [7, 11) is 0. The van der Waals surface area contributed by atoms with Crippen molar-refractivity contribution in [3.8, 4) is 0 Å². The molecule has 134 valence electrons. The van der Waals surface area contributed by atoms with Gasteiger partial charge in [0.05, 0.1) is 30.0 Å². The quantitative estimate of drug-likeness (QED) is 0.814. The summed E-state index contributed by atoms with van der Waals surface area (Å²) < 4.78 is 42.6. The standard InChI is InChI=1S/C15H14F3N3O3S/c1-3-24-12(22)6-9-7-25-14(20-9)21-13(23)10-4-5-11(15(16,17)18)19-8(10)2/h4-5,7H,3,6H2,1-2H3,(H,20,21,23). The van der Waals surface area contributed by atoms with Crippen LogP contribution in [0.3, 0.4) is 0 Å². The Kier molecular flexibility index (Phi) is 5.73. The first-order valence-corrected chi connectivity index (χ1v) is 8.05. The van der Waals surface area contributed by atoms with Crippen molar-refractivity contribution < 1.29 is 27.5 Å². The van der Waals surface area contributed by atoms with Gasteiger partial charge >= 0.3 is 12.1 Å². The number of pyridine rings is 1. The maximum atomic E-state index is 12.6. The Labute approximate surface area is 145 Å². The third-order valence-electron chi connectivity index (χ3n) is 3.02. The maximum Gasteiger partial charge on any atom is 0.433 e. The molecule has 0 radical (unpaired) electrons. The van der Waals surface area contributed by atoms with Crippen LogP contribution in [0.2, 0.25) is 0 Å². The fraction of sp³-hybridized carbons (Fsp3) is 0.333. The molecule has 0 unspecified atom stereocenters. The van der Waals surface area contributed by atoms with Gasteiger partial charge in [-0.25, -0.2) is 9.97 Å². The molecule has 10 heteroatoms. The summed E-state index contributed by atoms with van der Waals surface area (Å²) >= 11 is 1.09. The van der Waals surface area contributed by atoms with E-state index in [2.05, 4.69) is 15.3 Å². The van der Waals surface area contributed by atoms with E-state index in [0.29, 0.717) is 5.69 Å². The summed E-state index contributed by atoms with van der Waals surface area (Å²) in [6, 6.07) is 1.81. The van der Waals surface area contributed by atoms with Crippen LogP contribution in [0.15, 0.2) is 17.5 Å². The lowest BCUT2D eigenvalue weighted by molar-refractivity contribution is -0.142. The number of nitrogens with zero attached hydrogens (tertiary/aromatic N) is 2. The van der Waals surface area contributed by atoms with Crippen LogP contribution in [0.1, 0.15) is 34.4 Å². The van der Waals surface area contributed by atoms with Gasteiger partial charge in [-0.1, -0.05) is 0 Å². The first kappa shape index (κ1) is 18.8. The van der Waals surface area contributed by atoms with Crippen LogP contribution >= 0.6 is 11.3 Å². The predicted molar refractivity (Wildman–Crippen MR) is 84.4 cm³/mol. The summed E-state index contributed by atoms with van der Waals surface area (Å²) in [4.78, 5) is 31.0. The average molecular weight is 373 g/mol. The van der Waals surface area contributed by atoms with Gasteiger partial charge in [-0.15, -0.1) is 11.3 Å². The van der Waals surface area contributed by atoms with Crippen LogP contribution in [-0.4, -0.2) is 28.5 Å². The molecule has 0 aliphatic heterocycles. The van der Waals surface area contributed by atoms with E-state index in [1.165, 1.54) is 6.92 Å². The lowest BCUT2D eigenvalue weighted by atomic mass is 10.1. The molecule has 6 nitrogen and oxygen atoms in total. The number of aryl methyl sites for hydroxylation is 1. The zero-order chi connectivity index (χ0) is 18.6. The normalized spacial score (nSPS) is 11.2. The van der Waals surface area contributed by atoms with Crippen LogP contribution in [0.25, 0.3) is 0 Å². The van der Waals surface area contributed by atoms with E-state index in [1.807, 2.05) is 0 Å². The van der Waals surface area contributed by atoms with E-state index in [1.54, 1.807) is 12.3 Å². The topological polar surface area (TPSA) is 81.2 Å². The van der Waals surface area contributed by atoms with Crippen molar-refractivity contribution in [2.45, 2.75) is 26.4 Å². The molecule has 0 aliphatic rings. The number of esters is 1. The first-order valence-electron chi connectivity index (χ1n) is 7.17. The molecule has 0 aliphatic carbocycles. The summed E-state index contributed by atoms with van der Waals surface area (Å²) in [5.74, 6) is -1.07. The van der Waals surface area contributed by atoms with E-state index in [0.717, 1.165) is 23.5 Å². The molecule has 0 spiro atoms. The molecule has 25 heavy (non-hydrogen) atoms. The second kappa shape index (κ2) is 7.60. The van der Waals surface area contributed by atoms with Crippen molar-refractivity contribution in [1.29, 1.82) is 0 Å². The van der Waals surface area contributed by atoms with Crippen molar-refractivity contribution in [2.75, 3.05) is 11.9 Å². The number of carbonyl (C=O) groups excluding carboxylic acids is 2. The number of rotatable bonds is 5. The molecule has 2 rings (SSSR count). The van der Waals surface area contributed by atoms with Crippen molar-refractivity contribution in [3.63, 3.8) is 0 Å². The smallest absolute Gasteiger partial charge is 0.433 e. The second-order valence-corrected chi connectivity index (χ2v) is 5.77. The van der Waals surface area contributed by atoms with E-state index < -0.39 is 23.7 Å². The van der Waals surface area contributed by atoms with Gasteiger partial charge in [0, 0.05) is 5.38 Å². The predicted octanol–water partition coefficient (Wildman–Crippen LogP) is 3.22. The van der Waals surface area contributed by atoms with E-state index >= 15 is 0 Å². The van der Waals surface area contributed by atoms with Crippen molar-refractivity contribution >= 4 is 28.3 Å². The number of halogens is 3. The highest BCUT2D eigenvalue weighted by molar-refractivity contribution is 7.14. The fourth-order valence-corrected chi connectivity index (χ4v) is 2.63. The number of amides is 1. The highest BCUT2D eigenvalue weighted by Gasteiger charge is 2.33. The van der Waals surface area contributed by atoms with Gasteiger partial charge in [0.1, 0.15) is 5.69 Å². The molecule has 2 heterocycles. The molecular weight excluding hydrogens is 359 g/mol. The van der Waals surface area contributed by atoms with Gasteiger partial charge in [-0.05, 0) is 26.0 Å². The lowest BCUT2D eigenvalue weighted by Gasteiger charge is -2.09. The third-order valence-corrected chi connectivity index (χ3v) is 3.83. The SMILES string of the molecule is CCOC(=O)Cc1csc(NC(=O)c2ccc(C(F)(F)F)nc2C)n1. The highest BCUT2D eigenvalue weighted by Crippen LogP contribution is 2.28. The molecule has 0 aromatic carbocycles. The number of hydrogen-bond donors (Lipinski definition) is 1. The molecule has 0 atom stereocenters. The van der Waals surface area contributed by atoms with Crippen molar-refractivity contribution in [3.05, 3.63) is 40.2 Å². The largest absolute Gasteiger partial charge is 0.466 e. The number of nitrogens with one attached hydrogen (secondary N) is 1. The van der Waals surface area contributed by atoms with Crippen LogP contribution in [-0.2, 0) is 22.1 Å². The van der Waals surface area contributed by atoms with E-state index in [4.69, 9.17) is 4.74 Å². The number of hydrogen-bond acceptors (Lipinski definition) is 6. The highest BCUT2D eigenvalue weighted by atomic mass is 32.1. The molecule has 1 N–H and O–H groups in total. The first-order chi connectivity index (χ1) is 11.7. The number of ether oxygens (including phenoxy) is 1. The summed E-state index contributed by atoms with van der Waals surface area (Å²) in [5, 5.41) is 4.29. The summed E-state index contributed by atoms with van der Waals surface area (Å²) in [6.07, 6.45) is -4.60. The molecule has 0 saturated carbocycles. The molecule has 2 aromatic rings. The molecule has 0 bridgehead atoms. The van der Waals surface area contributed by atoms with Gasteiger partial charge in [0.25, 0.3) is 5.91 Å². The van der Waals surface area contributed by atoms with E-state index in [9.17, 15) is 22.8 Å². The lowest BCUT2D eigenvalue weighted by Crippen LogP contribution is -2.16. The zero-order valence-electron chi connectivity index (χ0n) is 13.3. The number of alkyl halides is 3. The minimum Gasteiger partial charge on any atom is -0.466 e. The van der Waals surface area contributed by atoms with Gasteiger partial charge < -0.3 is 4.74 Å². The molecule has 0 saturated heterocycles. The van der Waals surface area contributed by atoms with Gasteiger partial charge in [0.2, 0.25) is 0 Å². The number of carbonyl (C=O) groups is 2. The van der Waals surface area contributed by atoms with Crippen LogP contribution in [0.4, 0.5) is 18.3 Å².